The number of hydrogen-bond donors (Lipinski definition) is 1. The Morgan fingerprint density at radius 3 is 2.54 bits per heavy atom. The molecule has 24 heavy (non-hydrogen) atoms. The second-order valence-corrected chi connectivity index (χ2v) is 4.97. The van der Waals surface area contributed by atoms with Crippen molar-refractivity contribution in [1.29, 1.82) is 0 Å². The maximum atomic E-state index is 12.2. The molecule has 1 N–H and O–H groups in total. The molecule has 126 valence electrons. The largest absolute Gasteiger partial charge is 0.497 e. The van der Waals surface area contributed by atoms with Crippen LogP contribution in [0, 0.1) is 5.92 Å². The van der Waals surface area contributed by atoms with Gasteiger partial charge in [-0.2, -0.15) is 0 Å². The van der Waals surface area contributed by atoms with Gasteiger partial charge in [0.15, 0.2) is 11.7 Å². The van der Waals surface area contributed by atoms with Crippen LogP contribution in [0.25, 0.3) is 6.08 Å². The normalized spacial score (nSPS) is 17.9. The third-order valence-electron chi connectivity index (χ3n) is 3.53. The molecule has 0 radical (unpaired) electrons. The molecule has 0 spiro atoms. The summed E-state index contributed by atoms with van der Waals surface area (Å²) in [4.78, 5) is 47.9. The first kappa shape index (κ1) is 17.2. The van der Waals surface area contributed by atoms with Crippen LogP contribution in [0.5, 0.6) is 11.5 Å². The lowest BCUT2D eigenvalue weighted by atomic mass is 9.98. The summed E-state index contributed by atoms with van der Waals surface area (Å²) in [5.41, 5.74) is 0.569. The zero-order valence-electron chi connectivity index (χ0n) is 13.4. The number of urea groups is 1. The SMILES string of the molecule is COc1ccc(/C=C/C(=O)[C@@H]2C(=O)NC(=O)N(C)C2=O)c(OC)c1. The molecule has 1 saturated heterocycles. The Kier molecular flexibility index (Phi) is 4.98. The molecule has 2 rings (SSSR count). The van der Waals surface area contributed by atoms with E-state index in [1.807, 2.05) is 5.32 Å². The van der Waals surface area contributed by atoms with Crippen LogP contribution in [0.3, 0.4) is 0 Å². The minimum atomic E-state index is -1.58. The fourth-order valence-corrected chi connectivity index (χ4v) is 2.14. The molecule has 8 nitrogen and oxygen atoms in total. The van der Waals surface area contributed by atoms with Crippen LogP contribution < -0.4 is 14.8 Å². The number of ether oxygens (including phenoxy) is 2. The van der Waals surface area contributed by atoms with Crippen molar-refractivity contribution >= 4 is 29.7 Å². The van der Waals surface area contributed by atoms with Crippen molar-refractivity contribution in [3.63, 3.8) is 0 Å². The summed E-state index contributed by atoms with van der Waals surface area (Å²) in [6.45, 7) is 0. The van der Waals surface area contributed by atoms with Crippen molar-refractivity contribution in [2.24, 2.45) is 5.92 Å². The fraction of sp³-hybridized carbons (Fsp3) is 0.250. The molecule has 0 unspecified atom stereocenters. The van der Waals surface area contributed by atoms with E-state index < -0.39 is 29.5 Å². The first-order valence-electron chi connectivity index (χ1n) is 6.95. The number of carbonyl (C=O) groups excluding carboxylic acids is 4. The molecule has 0 bridgehead atoms. The number of nitrogens with one attached hydrogen (secondary N) is 1. The average molecular weight is 332 g/mol. The topological polar surface area (TPSA) is 102 Å². The van der Waals surface area contributed by atoms with Gasteiger partial charge in [0.25, 0.3) is 5.91 Å². The van der Waals surface area contributed by atoms with E-state index in [0.29, 0.717) is 22.0 Å². The van der Waals surface area contributed by atoms with Crippen molar-refractivity contribution in [3.05, 3.63) is 29.8 Å². The van der Waals surface area contributed by atoms with Crippen molar-refractivity contribution in [3.8, 4) is 11.5 Å². The van der Waals surface area contributed by atoms with E-state index >= 15 is 0 Å². The third-order valence-corrected chi connectivity index (χ3v) is 3.53. The van der Waals surface area contributed by atoms with Crippen LogP contribution in [-0.4, -0.2) is 49.8 Å². The number of hydrogen-bond acceptors (Lipinski definition) is 6. The van der Waals surface area contributed by atoms with Gasteiger partial charge in [0.05, 0.1) is 14.2 Å². The van der Waals surface area contributed by atoms with Crippen molar-refractivity contribution < 1.29 is 28.7 Å². The monoisotopic (exact) mass is 332 g/mol. The summed E-state index contributed by atoms with van der Waals surface area (Å²) >= 11 is 0. The highest BCUT2D eigenvalue weighted by molar-refractivity contribution is 6.28. The van der Waals surface area contributed by atoms with Crippen LogP contribution in [-0.2, 0) is 14.4 Å². The van der Waals surface area contributed by atoms with Gasteiger partial charge < -0.3 is 9.47 Å². The molecule has 4 amide bonds. The summed E-state index contributed by atoms with van der Waals surface area (Å²) in [6.07, 6.45) is 2.54. The predicted molar refractivity (Wildman–Crippen MR) is 83.4 cm³/mol. The molecule has 1 fully saturated rings. The molecule has 0 aromatic heterocycles. The molecule has 1 aliphatic heterocycles. The van der Waals surface area contributed by atoms with E-state index in [1.54, 1.807) is 18.2 Å². The molecule has 8 heteroatoms. The summed E-state index contributed by atoms with van der Waals surface area (Å²) in [7, 11) is 4.17. The van der Waals surface area contributed by atoms with Gasteiger partial charge in [0.1, 0.15) is 11.5 Å². The number of carbonyl (C=O) groups is 4. The highest BCUT2D eigenvalue weighted by Crippen LogP contribution is 2.25. The zero-order chi connectivity index (χ0) is 17.9. The van der Waals surface area contributed by atoms with E-state index in [0.717, 1.165) is 6.08 Å². The summed E-state index contributed by atoms with van der Waals surface area (Å²) < 4.78 is 10.3. The van der Waals surface area contributed by atoms with Crippen LogP contribution in [0.2, 0.25) is 0 Å². The van der Waals surface area contributed by atoms with Crippen LogP contribution >= 0.6 is 0 Å². The zero-order valence-corrected chi connectivity index (χ0v) is 13.4. The first-order chi connectivity index (χ1) is 11.4. The standard InChI is InChI=1S/C16H16N2O6/c1-18-15(21)13(14(20)17-16(18)22)11(19)7-5-9-4-6-10(23-2)8-12(9)24-3/h4-8,13H,1-3H3,(H,17,20,22)/b7-5+/t13-/m1/s1. The molecule has 0 saturated carbocycles. The van der Waals surface area contributed by atoms with Gasteiger partial charge in [0, 0.05) is 18.7 Å². The van der Waals surface area contributed by atoms with Crippen molar-refractivity contribution in [1.82, 2.24) is 10.2 Å². The number of nitrogens with zero attached hydrogens (tertiary/aromatic N) is 1. The van der Waals surface area contributed by atoms with Crippen LogP contribution in [0.4, 0.5) is 4.79 Å². The van der Waals surface area contributed by atoms with Crippen molar-refractivity contribution in [2.45, 2.75) is 0 Å². The smallest absolute Gasteiger partial charge is 0.330 e. The Morgan fingerprint density at radius 2 is 1.92 bits per heavy atom. The highest BCUT2D eigenvalue weighted by Gasteiger charge is 2.42. The van der Waals surface area contributed by atoms with E-state index in [4.69, 9.17) is 9.47 Å². The number of rotatable bonds is 5. The number of ketones is 1. The van der Waals surface area contributed by atoms with E-state index in [1.165, 1.54) is 27.3 Å². The summed E-state index contributed by atoms with van der Waals surface area (Å²) in [6, 6.07) is 4.13. The first-order valence-corrected chi connectivity index (χ1v) is 6.95. The molecule has 1 aliphatic rings. The minimum absolute atomic E-state index is 0.463. The van der Waals surface area contributed by atoms with Gasteiger partial charge >= 0.3 is 6.03 Å². The molecule has 1 aromatic rings. The summed E-state index contributed by atoms with van der Waals surface area (Å²) in [5, 5.41) is 1.96. The number of allylic oxidation sites excluding steroid dienone is 1. The Labute approximate surface area is 138 Å². The number of amides is 4. The molecular formula is C16H16N2O6. The van der Waals surface area contributed by atoms with Gasteiger partial charge in [0.2, 0.25) is 5.91 Å². The molecule has 0 aliphatic carbocycles. The second-order valence-electron chi connectivity index (χ2n) is 4.97. The van der Waals surface area contributed by atoms with Gasteiger partial charge in [-0.25, -0.2) is 4.79 Å². The number of imide groups is 2. The fourth-order valence-electron chi connectivity index (χ4n) is 2.14. The van der Waals surface area contributed by atoms with Gasteiger partial charge in [-0.15, -0.1) is 0 Å². The predicted octanol–water partition coefficient (Wildman–Crippen LogP) is 0.610. The minimum Gasteiger partial charge on any atom is -0.497 e. The Morgan fingerprint density at radius 1 is 1.21 bits per heavy atom. The Hall–Kier alpha value is -3.16. The lowest BCUT2D eigenvalue weighted by Gasteiger charge is -2.25. The van der Waals surface area contributed by atoms with E-state index in [9.17, 15) is 19.2 Å². The van der Waals surface area contributed by atoms with Gasteiger partial charge in [-0.1, -0.05) is 0 Å². The maximum Gasteiger partial charge on any atom is 0.330 e. The second kappa shape index (κ2) is 6.95. The molecule has 1 aromatic carbocycles. The highest BCUT2D eigenvalue weighted by atomic mass is 16.5. The number of barbiturate groups is 1. The quantitative estimate of drug-likeness (QED) is 0.626. The van der Waals surface area contributed by atoms with Gasteiger partial charge in [-0.05, 0) is 24.3 Å². The van der Waals surface area contributed by atoms with Crippen LogP contribution in [0.15, 0.2) is 24.3 Å². The van der Waals surface area contributed by atoms with Gasteiger partial charge in [-0.3, -0.25) is 24.6 Å². The molecule has 1 atom stereocenters. The van der Waals surface area contributed by atoms with E-state index in [2.05, 4.69) is 0 Å². The Bertz CT molecular complexity index is 740. The average Bonchev–Trinajstić information content (AvgIpc) is 2.57. The third kappa shape index (κ3) is 3.27. The number of benzene rings is 1. The Balaban J connectivity index is 2.23. The molecule has 1 heterocycles. The van der Waals surface area contributed by atoms with Crippen molar-refractivity contribution in [2.75, 3.05) is 21.3 Å². The van der Waals surface area contributed by atoms with E-state index in [-0.39, 0.29) is 0 Å². The number of methoxy groups -OCH3 is 2. The lowest BCUT2D eigenvalue weighted by Crippen LogP contribution is -2.58. The molecular weight excluding hydrogens is 316 g/mol. The lowest BCUT2D eigenvalue weighted by molar-refractivity contribution is -0.145. The maximum absolute atomic E-state index is 12.2. The van der Waals surface area contributed by atoms with Crippen LogP contribution in [0.1, 0.15) is 5.56 Å². The summed E-state index contributed by atoms with van der Waals surface area (Å²) in [5.74, 6) is -3.05.